The lowest BCUT2D eigenvalue weighted by Gasteiger charge is -2.07. The number of rotatable bonds is 8. The van der Waals surface area contributed by atoms with Crippen molar-refractivity contribution in [2.24, 2.45) is 0 Å². The van der Waals surface area contributed by atoms with Crippen molar-refractivity contribution in [1.82, 2.24) is 5.32 Å². The van der Waals surface area contributed by atoms with Crippen molar-refractivity contribution in [2.75, 3.05) is 25.6 Å². The number of hydrogen-bond donors (Lipinski definition) is 2. The van der Waals surface area contributed by atoms with Crippen LogP contribution in [0.1, 0.15) is 38.1 Å². The number of ether oxygens (including phenoxy) is 2. The molecule has 0 spiro atoms. The van der Waals surface area contributed by atoms with Gasteiger partial charge < -0.3 is 20.1 Å². The molecule has 0 radical (unpaired) electrons. The van der Waals surface area contributed by atoms with E-state index >= 15 is 0 Å². The molecule has 0 aliphatic heterocycles. The van der Waals surface area contributed by atoms with Crippen LogP contribution in [0.2, 0.25) is 10.0 Å². The number of carbonyl (C=O) groups is 4. The van der Waals surface area contributed by atoms with Crippen LogP contribution in [0.15, 0.2) is 24.3 Å². The van der Waals surface area contributed by atoms with E-state index in [0.717, 1.165) is 17.4 Å². The van der Waals surface area contributed by atoms with E-state index in [-0.39, 0.29) is 22.0 Å². The summed E-state index contributed by atoms with van der Waals surface area (Å²) in [4.78, 5) is 48.8. The molecule has 2 N–H and O–H groups in total. The fraction of sp³-hybridized carbons (Fsp3) is 0.238. The van der Waals surface area contributed by atoms with E-state index in [1.165, 1.54) is 19.2 Å². The first-order valence-electron chi connectivity index (χ1n) is 9.30. The van der Waals surface area contributed by atoms with E-state index < -0.39 is 30.4 Å². The average Bonchev–Trinajstić information content (AvgIpc) is 3.06. The highest BCUT2D eigenvalue weighted by molar-refractivity contribution is 7.18. The van der Waals surface area contributed by atoms with Gasteiger partial charge in [0, 0.05) is 23.2 Å². The van der Waals surface area contributed by atoms with Crippen LogP contribution in [0.25, 0.3) is 6.08 Å². The Bertz CT molecular complexity index is 1080. The number of carbonyl (C=O) groups excluding carboxylic acids is 4. The number of halogens is 2. The molecular weight excluding hydrogens is 479 g/mol. The largest absolute Gasteiger partial charge is 0.462 e. The van der Waals surface area contributed by atoms with Crippen molar-refractivity contribution in [3.05, 3.63) is 55.9 Å². The summed E-state index contributed by atoms with van der Waals surface area (Å²) in [5.74, 6) is -2.54. The zero-order valence-corrected chi connectivity index (χ0v) is 19.7. The van der Waals surface area contributed by atoms with Gasteiger partial charge in [-0.2, -0.15) is 0 Å². The van der Waals surface area contributed by atoms with Crippen molar-refractivity contribution in [2.45, 2.75) is 13.8 Å². The van der Waals surface area contributed by atoms with E-state index in [0.29, 0.717) is 21.2 Å². The van der Waals surface area contributed by atoms with Crippen LogP contribution >= 0.6 is 34.5 Å². The van der Waals surface area contributed by atoms with Gasteiger partial charge in [-0.3, -0.25) is 9.59 Å². The van der Waals surface area contributed by atoms with Crippen LogP contribution in [0, 0.1) is 6.92 Å². The third-order valence-electron chi connectivity index (χ3n) is 4.02. The summed E-state index contributed by atoms with van der Waals surface area (Å²) in [5.41, 5.74) is 1.00. The molecule has 11 heteroatoms. The van der Waals surface area contributed by atoms with Crippen LogP contribution in [-0.2, 0) is 19.1 Å². The maximum atomic E-state index is 12.3. The van der Waals surface area contributed by atoms with Gasteiger partial charge >= 0.3 is 11.9 Å². The monoisotopic (exact) mass is 498 g/mol. The van der Waals surface area contributed by atoms with Gasteiger partial charge in [0.05, 0.1) is 17.0 Å². The summed E-state index contributed by atoms with van der Waals surface area (Å²) < 4.78 is 9.94. The van der Waals surface area contributed by atoms with Crippen LogP contribution in [-0.4, -0.2) is 44.0 Å². The SMILES string of the molecule is CCOC(=O)c1c(NC(=O)COC(=O)/C=C/c2ccc(Cl)cc2Cl)sc(C(=O)NC)c1C. The Labute approximate surface area is 198 Å². The highest BCUT2D eigenvalue weighted by Gasteiger charge is 2.26. The van der Waals surface area contributed by atoms with Gasteiger partial charge in [0.25, 0.3) is 11.8 Å². The van der Waals surface area contributed by atoms with E-state index in [9.17, 15) is 19.2 Å². The highest BCUT2D eigenvalue weighted by Crippen LogP contribution is 2.33. The van der Waals surface area contributed by atoms with E-state index in [4.69, 9.17) is 32.7 Å². The Hall–Kier alpha value is -2.88. The summed E-state index contributed by atoms with van der Waals surface area (Å²) in [6.45, 7) is 2.74. The topological polar surface area (TPSA) is 111 Å². The second kappa shape index (κ2) is 11.7. The Kier molecular flexibility index (Phi) is 9.25. The molecule has 0 bridgehead atoms. The van der Waals surface area contributed by atoms with Crippen LogP contribution in [0.5, 0.6) is 0 Å². The molecule has 1 aromatic heterocycles. The molecule has 8 nitrogen and oxygen atoms in total. The van der Waals surface area contributed by atoms with Gasteiger partial charge in [0.15, 0.2) is 6.61 Å². The molecule has 0 aliphatic rings. The zero-order valence-electron chi connectivity index (χ0n) is 17.4. The van der Waals surface area contributed by atoms with Crippen molar-refractivity contribution >= 4 is 69.4 Å². The number of nitrogens with one attached hydrogen (secondary N) is 2. The maximum absolute atomic E-state index is 12.3. The predicted molar refractivity (Wildman–Crippen MR) is 123 cm³/mol. The lowest BCUT2D eigenvalue weighted by Crippen LogP contribution is -2.21. The summed E-state index contributed by atoms with van der Waals surface area (Å²) in [7, 11) is 1.45. The minimum atomic E-state index is -0.773. The third-order valence-corrected chi connectivity index (χ3v) is 5.79. The Morgan fingerprint density at radius 1 is 1.16 bits per heavy atom. The standard InChI is InChI=1S/C21H20Cl2N2O6S/c1-4-30-21(29)17-11(2)18(19(28)24-3)32-20(17)25-15(26)10-31-16(27)8-6-12-5-7-13(22)9-14(12)23/h5-9H,4,10H2,1-3H3,(H,24,28)(H,25,26)/b8-6+. The van der Waals surface area contributed by atoms with Gasteiger partial charge in [-0.1, -0.05) is 29.3 Å². The number of thiophene rings is 1. The van der Waals surface area contributed by atoms with E-state index in [1.807, 2.05) is 0 Å². The number of esters is 2. The van der Waals surface area contributed by atoms with Gasteiger partial charge in [-0.05, 0) is 43.2 Å². The number of benzene rings is 1. The maximum Gasteiger partial charge on any atom is 0.341 e. The molecular formula is C21H20Cl2N2O6S. The Balaban J connectivity index is 2.07. The number of anilines is 1. The fourth-order valence-corrected chi connectivity index (χ4v) is 4.15. The van der Waals surface area contributed by atoms with E-state index in [1.54, 1.807) is 26.0 Å². The lowest BCUT2D eigenvalue weighted by atomic mass is 10.1. The van der Waals surface area contributed by atoms with Crippen molar-refractivity contribution in [1.29, 1.82) is 0 Å². The predicted octanol–water partition coefficient (Wildman–Crippen LogP) is 4.09. The molecule has 0 saturated carbocycles. The second-order valence-electron chi connectivity index (χ2n) is 6.21. The number of hydrogen-bond acceptors (Lipinski definition) is 7. The minimum Gasteiger partial charge on any atom is -0.462 e. The van der Waals surface area contributed by atoms with Gasteiger partial charge in [0.1, 0.15) is 5.00 Å². The molecule has 0 fully saturated rings. The first-order chi connectivity index (χ1) is 15.2. The van der Waals surface area contributed by atoms with Crippen LogP contribution < -0.4 is 10.6 Å². The first-order valence-corrected chi connectivity index (χ1v) is 10.9. The molecule has 2 rings (SSSR count). The first kappa shape index (κ1) is 25.4. The zero-order chi connectivity index (χ0) is 23.8. The normalized spacial score (nSPS) is 10.7. The third kappa shape index (κ3) is 6.56. The molecule has 1 heterocycles. The average molecular weight is 499 g/mol. The molecule has 2 aromatic rings. The van der Waals surface area contributed by atoms with Crippen molar-refractivity contribution in [3.8, 4) is 0 Å². The molecule has 2 amide bonds. The number of amides is 2. The highest BCUT2D eigenvalue weighted by atomic mass is 35.5. The quantitative estimate of drug-likeness (QED) is 0.418. The second-order valence-corrected chi connectivity index (χ2v) is 8.08. The molecule has 0 atom stereocenters. The molecule has 0 saturated heterocycles. The van der Waals surface area contributed by atoms with Crippen molar-refractivity contribution < 1.29 is 28.7 Å². The van der Waals surface area contributed by atoms with Gasteiger partial charge in [0.2, 0.25) is 0 Å². The molecule has 170 valence electrons. The summed E-state index contributed by atoms with van der Waals surface area (Å²) in [5, 5.41) is 5.91. The Morgan fingerprint density at radius 3 is 2.50 bits per heavy atom. The van der Waals surface area contributed by atoms with Gasteiger partial charge in [-0.25, -0.2) is 9.59 Å². The van der Waals surface area contributed by atoms with Crippen LogP contribution in [0.4, 0.5) is 5.00 Å². The van der Waals surface area contributed by atoms with E-state index in [2.05, 4.69) is 10.6 Å². The minimum absolute atomic E-state index is 0.0763. The van der Waals surface area contributed by atoms with Gasteiger partial charge in [-0.15, -0.1) is 11.3 Å². The van der Waals surface area contributed by atoms with Crippen molar-refractivity contribution in [3.63, 3.8) is 0 Å². The summed E-state index contributed by atoms with van der Waals surface area (Å²) in [6, 6.07) is 4.77. The molecule has 1 aromatic carbocycles. The summed E-state index contributed by atoms with van der Waals surface area (Å²) >= 11 is 12.8. The summed E-state index contributed by atoms with van der Waals surface area (Å²) in [6.07, 6.45) is 2.54. The fourth-order valence-electron chi connectivity index (χ4n) is 2.52. The Morgan fingerprint density at radius 2 is 1.88 bits per heavy atom. The molecule has 0 unspecified atom stereocenters. The molecule has 0 aliphatic carbocycles. The smallest absolute Gasteiger partial charge is 0.341 e. The van der Waals surface area contributed by atoms with Crippen LogP contribution in [0.3, 0.4) is 0 Å². The lowest BCUT2D eigenvalue weighted by molar-refractivity contribution is -0.142. The molecule has 32 heavy (non-hydrogen) atoms.